The Balaban J connectivity index is 2.10. The Morgan fingerprint density at radius 1 is 1.44 bits per heavy atom. The second-order valence-electron chi connectivity index (χ2n) is 4.81. The van der Waals surface area contributed by atoms with E-state index < -0.39 is 5.97 Å². The van der Waals surface area contributed by atoms with Gasteiger partial charge in [0.25, 0.3) is 0 Å². The smallest absolute Gasteiger partial charge is 0.336 e. The summed E-state index contributed by atoms with van der Waals surface area (Å²) in [4.78, 5) is 24.7. The molecule has 0 spiro atoms. The van der Waals surface area contributed by atoms with Gasteiger partial charge in [0.1, 0.15) is 5.78 Å². The van der Waals surface area contributed by atoms with Crippen LogP contribution in [0.25, 0.3) is 0 Å². The van der Waals surface area contributed by atoms with Crippen LogP contribution in [-0.2, 0) is 11.3 Å². The van der Waals surface area contributed by atoms with Crippen LogP contribution in [0.2, 0.25) is 0 Å². The molecule has 4 nitrogen and oxygen atoms in total. The van der Waals surface area contributed by atoms with Crippen molar-refractivity contribution in [1.82, 2.24) is 4.90 Å². The molecule has 1 fully saturated rings. The fourth-order valence-electron chi connectivity index (χ4n) is 2.35. The lowest BCUT2D eigenvalue weighted by Gasteiger charge is -2.30. The number of nitrogens with zero attached hydrogens (tertiary/aromatic N) is 1. The Morgan fingerprint density at radius 3 is 2.83 bits per heavy atom. The highest BCUT2D eigenvalue weighted by molar-refractivity contribution is 5.89. The Labute approximate surface area is 106 Å². The summed E-state index contributed by atoms with van der Waals surface area (Å²) in [6.07, 6.45) is 0.566. The van der Waals surface area contributed by atoms with Gasteiger partial charge in [-0.05, 0) is 11.6 Å². The van der Waals surface area contributed by atoms with Crippen LogP contribution in [0.5, 0.6) is 0 Å². The molecule has 1 heterocycles. The van der Waals surface area contributed by atoms with Crippen LogP contribution in [0, 0.1) is 5.92 Å². The minimum Gasteiger partial charge on any atom is -0.478 e. The highest BCUT2D eigenvalue weighted by Crippen LogP contribution is 2.17. The summed E-state index contributed by atoms with van der Waals surface area (Å²) >= 11 is 0. The molecule has 2 rings (SSSR count). The van der Waals surface area contributed by atoms with Gasteiger partial charge in [-0.2, -0.15) is 0 Å². The first-order valence-corrected chi connectivity index (χ1v) is 6.14. The predicted molar refractivity (Wildman–Crippen MR) is 67.5 cm³/mol. The number of aromatic carboxylic acids is 1. The predicted octanol–water partition coefficient (Wildman–Crippen LogP) is 1.80. The molecule has 1 aliphatic heterocycles. The Hall–Kier alpha value is -1.68. The number of carboxylic acid groups (broad SMARTS) is 1. The van der Waals surface area contributed by atoms with Crippen molar-refractivity contribution < 1.29 is 14.7 Å². The number of hydrogen-bond donors (Lipinski definition) is 1. The average molecular weight is 247 g/mol. The zero-order valence-corrected chi connectivity index (χ0v) is 10.4. The number of Topliss-reactive ketones (excluding diaryl/α,β-unsaturated/α-hetero) is 1. The van der Waals surface area contributed by atoms with E-state index in [-0.39, 0.29) is 5.92 Å². The molecule has 0 bridgehead atoms. The maximum atomic E-state index is 11.4. The van der Waals surface area contributed by atoms with E-state index >= 15 is 0 Å². The second-order valence-corrected chi connectivity index (χ2v) is 4.81. The van der Waals surface area contributed by atoms with Gasteiger partial charge in [-0.15, -0.1) is 0 Å². The van der Waals surface area contributed by atoms with Crippen molar-refractivity contribution in [2.75, 3.05) is 13.1 Å². The number of piperidine rings is 1. The summed E-state index contributed by atoms with van der Waals surface area (Å²) in [5.41, 5.74) is 1.16. The molecule has 96 valence electrons. The summed E-state index contributed by atoms with van der Waals surface area (Å²) in [5, 5.41) is 9.12. The summed E-state index contributed by atoms with van der Waals surface area (Å²) < 4.78 is 0. The number of rotatable bonds is 3. The van der Waals surface area contributed by atoms with Crippen molar-refractivity contribution in [2.24, 2.45) is 5.92 Å². The number of carboxylic acids is 1. The van der Waals surface area contributed by atoms with Gasteiger partial charge in [-0.3, -0.25) is 9.69 Å². The molecular formula is C14H17NO3. The molecular weight excluding hydrogens is 230 g/mol. The first-order chi connectivity index (χ1) is 8.58. The van der Waals surface area contributed by atoms with Gasteiger partial charge in [0.05, 0.1) is 5.56 Å². The van der Waals surface area contributed by atoms with Gasteiger partial charge >= 0.3 is 5.97 Å². The molecule has 1 atom stereocenters. The summed E-state index contributed by atoms with van der Waals surface area (Å²) in [6, 6.07) is 7.04. The fraction of sp³-hybridized carbons (Fsp3) is 0.429. The first-order valence-electron chi connectivity index (χ1n) is 6.14. The van der Waals surface area contributed by atoms with E-state index in [4.69, 9.17) is 5.11 Å². The summed E-state index contributed by atoms with van der Waals surface area (Å²) in [6.45, 7) is 3.96. The van der Waals surface area contributed by atoms with Gasteiger partial charge in [0.15, 0.2) is 0 Å². The molecule has 1 N–H and O–H groups in total. The highest BCUT2D eigenvalue weighted by atomic mass is 16.4. The molecule has 0 amide bonds. The molecule has 1 aromatic carbocycles. The molecule has 0 saturated carbocycles. The monoisotopic (exact) mass is 247 g/mol. The Morgan fingerprint density at radius 2 is 2.17 bits per heavy atom. The number of carbonyl (C=O) groups excluding carboxylic acids is 1. The van der Waals surface area contributed by atoms with Gasteiger partial charge in [0.2, 0.25) is 0 Å². The molecule has 1 aromatic rings. The number of benzene rings is 1. The van der Waals surface area contributed by atoms with Crippen LogP contribution in [0.1, 0.15) is 29.3 Å². The van der Waals surface area contributed by atoms with Gasteiger partial charge in [0, 0.05) is 32.0 Å². The van der Waals surface area contributed by atoms with Crippen molar-refractivity contribution in [3.05, 3.63) is 35.4 Å². The summed E-state index contributed by atoms with van der Waals surface area (Å²) in [5.74, 6) is -0.541. The van der Waals surface area contributed by atoms with Crippen LogP contribution in [0.15, 0.2) is 24.3 Å². The molecule has 0 radical (unpaired) electrons. The topological polar surface area (TPSA) is 57.6 Å². The summed E-state index contributed by atoms with van der Waals surface area (Å²) in [7, 11) is 0. The van der Waals surface area contributed by atoms with E-state index in [1.807, 2.05) is 19.1 Å². The molecule has 1 aliphatic rings. The maximum absolute atomic E-state index is 11.4. The number of carbonyl (C=O) groups is 2. The Bertz CT molecular complexity index is 470. The van der Waals surface area contributed by atoms with Crippen molar-refractivity contribution in [3.8, 4) is 0 Å². The molecule has 4 heteroatoms. The third-order valence-electron chi connectivity index (χ3n) is 3.40. The maximum Gasteiger partial charge on any atom is 0.336 e. The minimum absolute atomic E-state index is 0.0516. The molecule has 1 saturated heterocycles. The second kappa shape index (κ2) is 5.31. The zero-order chi connectivity index (χ0) is 13.1. The molecule has 1 unspecified atom stereocenters. The van der Waals surface area contributed by atoms with Gasteiger partial charge in [-0.1, -0.05) is 25.1 Å². The lowest BCUT2D eigenvalue weighted by atomic mass is 9.97. The van der Waals surface area contributed by atoms with Crippen LogP contribution >= 0.6 is 0 Å². The van der Waals surface area contributed by atoms with E-state index in [2.05, 4.69) is 4.90 Å². The highest BCUT2D eigenvalue weighted by Gasteiger charge is 2.24. The molecule has 0 aromatic heterocycles. The number of ketones is 1. The Kier molecular flexibility index (Phi) is 3.77. The quantitative estimate of drug-likeness (QED) is 0.884. The van der Waals surface area contributed by atoms with Crippen molar-refractivity contribution in [1.29, 1.82) is 0 Å². The number of likely N-dealkylation sites (tertiary alicyclic amines) is 1. The fourth-order valence-corrected chi connectivity index (χ4v) is 2.35. The molecule has 18 heavy (non-hydrogen) atoms. The first kappa shape index (κ1) is 12.8. The van der Waals surface area contributed by atoms with Crippen molar-refractivity contribution in [2.45, 2.75) is 19.9 Å². The SMILES string of the molecule is CC1CN(Cc2ccccc2C(=O)O)CCC1=O. The normalized spacial score (nSPS) is 20.9. The van der Waals surface area contributed by atoms with Crippen LogP contribution in [0.3, 0.4) is 0 Å². The van der Waals surface area contributed by atoms with E-state index in [1.165, 1.54) is 0 Å². The standard InChI is InChI=1S/C14H17NO3/c1-10-8-15(7-6-13(10)16)9-11-4-2-3-5-12(11)14(17)18/h2-5,10H,6-9H2,1H3,(H,17,18). The largest absolute Gasteiger partial charge is 0.478 e. The lowest BCUT2D eigenvalue weighted by molar-refractivity contribution is -0.125. The minimum atomic E-state index is -0.897. The zero-order valence-electron chi connectivity index (χ0n) is 10.4. The van der Waals surface area contributed by atoms with Gasteiger partial charge < -0.3 is 5.11 Å². The van der Waals surface area contributed by atoms with Crippen LogP contribution in [0.4, 0.5) is 0 Å². The van der Waals surface area contributed by atoms with E-state index in [0.717, 1.165) is 12.1 Å². The third-order valence-corrected chi connectivity index (χ3v) is 3.40. The number of hydrogen-bond acceptors (Lipinski definition) is 3. The van der Waals surface area contributed by atoms with Crippen LogP contribution in [-0.4, -0.2) is 34.8 Å². The van der Waals surface area contributed by atoms with E-state index in [0.29, 0.717) is 30.9 Å². The molecule has 0 aliphatic carbocycles. The van der Waals surface area contributed by atoms with Crippen LogP contribution < -0.4 is 0 Å². The third kappa shape index (κ3) is 2.76. The van der Waals surface area contributed by atoms with Gasteiger partial charge in [-0.25, -0.2) is 4.79 Å². The van der Waals surface area contributed by atoms with E-state index in [9.17, 15) is 9.59 Å². The van der Waals surface area contributed by atoms with Crippen molar-refractivity contribution in [3.63, 3.8) is 0 Å². The lowest BCUT2D eigenvalue weighted by Crippen LogP contribution is -2.39. The average Bonchev–Trinajstić information content (AvgIpc) is 2.34. The van der Waals surface area contributed by atoms with Crippen molar-refractivity contribution >= 4 is 11.8 Å². The van der Waals surface area contributed by atoms with E-state index in [1.54, 1.807) is 12.1 Å².